The number of non-ortho nitro benzene ring substituents is 1. The largest absolute Gasteiger partial charge is 0.458 e. The van der Waals surface area contributed by atoms with E-state index in [-0.39, 0.29) is 12.3 Å². The maximum Gasteiger partial charge on any atom is 0.331 e. The summed E-state index contributed by atoms with van der Waals surface area (Å²) < 4.78 is 11.0. The molecule has 3 rings (SSSR count). The van der Waals surface area contributed by atoms with E-state index >= 15 is 0 Å². The van der Waals surface area contributed by atoms with Crippen LogP contribution < -0.4 is 4.74 Å². The van der Waals surface area contributed by atoms with Crippen molar-refractivity contribution in [1.82, 2.24) is 0 Å². The van der Waals surface area contributed by atoms with Crippen LogP contribution in [0.1, 0.15) is 11.1 Å². The van der Waals surface area contributed by atoms with Gasteiger partial charge in [0.05, 0.1) is 4.92 Å². The van der Waals surface area contributed by atoms with Crippen molar-refractivity contribution in [3.63, 3.8) is 0 Å². The lowest BCUT2D eigenvalue weighted by Gasteiger charge is -2.07. The highest BCUT2D eigenvalue weighted by molar-refractivity contribution is 5.87. The third kappa shape index (κ3) is 5.54. The first-order chi connectivity index (χ1) is 13.6. The van der Waals surface area contributed by atoms with Crippen LogP contribution in [0.25, 0.3) is 6.08 Å². The molecular formula is C22H17NO5. The Bertz CT molecular complexity index is 999. The van der Waals surface area contributed by atoms with Gasteiger partial charge in [-0.05, 0) is 41.5 Å². The maximum atomic E-state index is 11.9. The van der Waals surface area contributed by atoms with Crippen molar-refractivity contribution in [2.24, 2.45) is 0 Å². The van der Waals surface area contributed by atoms with Crippen LogP contribution in [0.3, 0.4) is 0 Å². The molecule has 0 aliphatic heterocycles. The van der Waals surface area contributed by atoms with Gasteiger partial charge >= 0.3 is 5.97 Å². The molecule has 0 heterocycles. The Morgan fingerprint density at radius 1 is 0.929 bits per heavy atom. The Balaban J connectivity index is 1.56. The number of carbonyl (C=O) groups is 1. The summed E-state index contributed by atoms with van der Waals surface area (Å²) in [5, 5.41) is 10.8. The molecule has 0 aliphatic carbocycles. The van der Waals surface area contributed by atoms with Gasteiger partial charge in [0.25, 0.3) is 5.69 Å². The number of esters is 1. The average Bonchev–Trinajstić information content (AvgIpc) is 2.72. The molecule has 0 N–H and O–H groups in total. The second kappa shape index (κ2) is 9.14. The van der Waals surface area contributed by atoms with Gasteiger partial charge in [0.15, 0.2) is 0 Å². The standard InChI is InChI=1S/C22H17NO5/c24-22(13-12-17-6-4-8-19(14-17)23(25)26)27-16-18-7-5-11-21(15-18)28-20-9-2-1-3-10-20/h1-15H,16H2. The highest BCUT2D eigenvalue weighted by Crippen LogP contribution is 2.22. The van der Waals surface area contributed by atoms with Gasteiger partial charge in [-0.3, -0.25) is 10.1 Å². The predicted molar refractivity (Wildman–Crippen MR) is 105 cm³/mol. The summed E-state index contributed by atoms with van der Waals surface area (Å²) in [6, 6.07) is 22.6. The molecule has 6 nitrogen and oxygen atoms in total. The summed E-state index contributed by atoms with van der Waals surface area (Å²) in [5.74, 6) is 0.823. The number of carbonyl (C=O) groups excluding carboxylic acids is 1. The van der Waals surface area contributed by atoms with Crippen LogP contribution in [0.15, 0.2) is 84.9 Å². The third-order valence-electron chi connectivity index (χ3n) is 3.75. The van der Waals surface area contributed by atoms with E-state index in [4.69, 9.17) is 9.47 Å². The Kier molecular flexibility index (Phi) is 6.15. The molecule has 0 saturated carbocycles. The molecule has 0 amide bonds. The SMILES string of the molecule is O=C(C=Cc1cccc([N+](=O)[O-])c1)OCc1cccc(Oc2ccccc2)c1. The van der Waals surface area contributed by atoms with Crippen molar-refractivity contribution in [3.8, 4) is 11.5 Å². The van der Waals surface area contributed by atoms with E-state index in [1.165, 1.54) is 24.3 Å². The molecule has 28 heavy (non-hydrogen) atoms. The Hall–Kier alpha value is -3.93. The fourth-order valence-corrected chi connectivity index (χ4v) is 2.43. The molecule has 3 aromatic carbocycles. The van der Waals surface area contributed by atoms with E-state index in [1.54, 1.807) is 18.2 Å². The molecule has 0 radical (unpaired) electrons. The van der Waals surface area contributed by atoms with Gasteiger partial charge in [0.1, 0.15) is 18.1 Å². The summed E-state index contributed by atoms with van der Waals surface area (Å²) in [5.41, 5.74) is 1.29. The number of hydrogen-bond donors (Lipinski definition) is 0. The summed E-state index contributed by atoms with van der Waals surface area (Å²) in [7, 11) is 0. The molecule has 0 bridgehead atoms. The van der Waals surface area contributed by atoms with Crippen molar-refractivity contribution < 1.29 is 19.2 Å². The number of ether oxygens (including phenoxy) is 2. The molecule has 0 aliphatic rings. The monoisotopic (exact) mass is 375 g/mol. The Morgan fingerprint density at radius 2 is 1.68 bits per heavy atom. The average molecular weight is 375 g/mol. The Morgan fingerprint density at radius 3 is 2.46 bits per heavy atom. The first-order valence-corrected chi connectivity index (χ1v) is 8.51. The van der Waals surface area contributed by atoms with Crippen LogP contribution >= 0.6 is 0 Å². The van der Waals surface area contributed by atoms with E-state index in [0.717, 1.165) is 11.3 Å². The molecular weight excluding hydrogens is 358 g/mol. The number of rotatable bonds is 7. The summed E-state index contributed by atoms with van der Waals surface area (Å²) in [6.45, 7) is 0.0874. The lowest BCUT2D eigenvalue weighted by Crippen LogP contribution is -2.00. The first-order valence-electron chi connectivity index (χ1n) is 8.51. The Labute approximate surface area is 161 Å². The molecule has 0 atom stereocenters. The van der Waals surface area contributed by atoms with Gasteiger partial charge in [0.2, 0.25) is 0 Å². The van der Waals surface area contributed by atoms with Crippen LogP contribution in [0.4, 0.5) is 5.69 Å². The lowest BCUT2D eigenvalue weighted by molar-refractivity contribution is -0.384. The van der Waals surface area contributed by atoms with E-state index in [0.29, 0.717) is 11.3 Å². The molecule has 0 fully saturated rings. The zero-order valence-corrected chi connectivity index (χ0v) is 14.9. The van der Waals surface area contributed by atoms with Crippen LogP contribution in [-0.2, 0) is 16.1 Å². The number of para-hydroxylation sites is 1. The zero-order chi connectivity index (χ0) is 19.8. The molecule has 140 valence electrons. The smallest absolute Gasteiger partial charge is 0.331 e. The zero-order valence-electron chi connectivity index (χ0n) is 14.9. The van der Waals surface area contributed by atoms with Gasteiger partial charge in [-0.25, -0.2) is 4.79 Å². The second-order valence-electron chi connectivity index (χ2n) is 5.86. The number of hydrogen-bond acceptors (Lipinski definition) is 5. The fourth-order valence-electron chi connectivity index (χ4n) is 2.43. The van der Waals surface area contributed by atoms with Crippen LogP contribution in [0.5, 0.6) is 11.5 Å². The number of nitro groups is 1. The van der Waals surface area contributed by atoms with Crippen LogP contribution in [0, 0.1) is 10.1 Å². The van der Waals surface area contributed by atoms with Gasteiger partial charge in [0, 0.05) is 18.2 Å². The predicted octanol–water partition coefficient (Wildman–Crippen LogP) is 5.14. The molecule has 0 spiro atoms. The summed E-state index contributed by atoms with van der Waals surface area (Å²) >= 11 is 0. The normalized spacial score (nSPS) is 10.6. The number of nitrogens with zero attached hydrogens (tertiary/aromatic N) is 1. The molecule has 0 saturated heterocycles. The topological polar surface area (TPSA) is 78.7 Å². The highest BCUT2D eigenvalue weighted by Gasteiger charge is 2.05. The summed E-state index contributed by atoms with van der Waals surface area (Å²) in [6.07, 6.45) is 2.72. The van der Waals surface area contributed by atoms with Gasteiger partial charge in [-0.2, -0.15) is 0 Å². The minimum absolute atomic E-state index is 0.0363. The molecule has 0 aromatic heterocycles. The number of benzene rings is 3. The molecule has 0 unspecified atom stereocenters. The second-order valence-corrected chi connectivity index (χ2v) is 5.86. The van der Waals surface area contributed by atoms with Gasteiger partial charge in [-0.1, -0.05) is 42.5 Å². The van der Waals surface area contributed by atoms with E-state index in [9.17, 15) is 14.9 Å². The van der Waals surface area contributed by atoms with Crippen molar-refractivity contribution >= 4 is 17.7 Å². The van der Waals surface area contributed by atoms with E-state index in [2.05, 4.69) is 0 Å². The van der Waals surface area contributed by atoms with E-state index < -0.39 is 10.9 Å². The van der Waals surface area contributed by atoms with Crippen molar-refractivity contribution in [3.05, 3.63) is 106 Å². The minimum Gasteiger partial charge on any atom is -0.458 e. The van der Waals surface area contributed by atoms with Crippen molar-refractivity contribution in [2.75, 3.05) is 0 Å². The van der Waals surface area contributed by atoms with Gasteiger partial charge in [-0.15, -0.1) is 0 Å². The van der Waals surface area contributed by atoms with Crippen LogP contribution in [-0.4, -0.2) is 10.9 Å². The lowest BCUT2D eigenvalue weighted by atomic mass is 10.2. The molecule has 6 heteroatoms. The third-order valence-corrected chi connectivity index (χ3v) is 3.75. The van der Waals surface area contributed by atoms with Crippen molar-refractivity contribution in [2.45, 2.75) is 6.61 Å². The van der Waals surface area contributed by atoms with Crippen molar-refractivity contribution in [1.29, 1.82) is 0 Å². The quantitative estimate of drug-likeness (QED) is 0.247. The van der Waals surface area contributed by atoms with E-state index in [1.807, 2.05) is 48.5 Å². The maximum absolute atomic E-state index is 11.9. The van der Waals surface area contributed by atoms with Crippen LogP contribution in [0.2, 0.25) is 0 Å². The highest BCUT2D eigenvalue weighted by atomic mass is 16.6. The molecule has 3 aromatic rings. The summed E-state index contributed by atoms with van der Waals surface area (Å²) in [4.78, 5) is 22.2. The fraction of sp³-hybridized carbons (Fsp3) is 0.0455. The van der Waals surface area contributed by atoms with Gasteiger partial charge < -0.3 is 9.47 Å². The first kappa shape index (κ1) is 18.8. The minimum atomic E-state index is -0.541. The number of nitro benzene ring substituents is 1.